The van der Waals surface area contributed by atoms with Crippen LogP contribution in [0.2, 0.25) is 0 Å². The molecule has 2 rings (SSSR count). The molecule has 0 heterocycles. The minimum absolute atomic E-state index is 0.0274. The molecule has 1 unspecified atom stereocenters. The number of aromatic carboxylic acids is 1. The van der Waals surface area contributed by atoms with Crippen molar-refractivity contribution < 1.29 is 24.2 Å². The smallest absolute Gasteiger partial charge is 0.335 e. The number of carboxylic acid groups (broad SMARTS) is 1. The predicted molar refractivity (Wildman–Crippen MR) is 106 cm³/mol. The first-order chi connectivity index (χ1) is 13.3. The highest BCUT2D eigenvalue weighted by molar-refractivity contribution is 5.95. The maximum Gasteiger partial charge on any atom is 0.335 e. The number of nitrogens with one attached hydrogen (secondary N) is 2. The summed E-state index contributed by atoms with van der Waals surface area (Å²) in [6.07, 6.45) is -0.0274. The fourth-order valence-corrected chi connectivity index (χ4v) is 2.82. The van der Waals surface area contributed by atoms with Gasteiger partial charge in [0.25, 0.3) is 0 Å². The highest BCUT2D eigenvalue weighted by Crippen LogP contribution is 2.28. The fraction of sp³-hybridized carbons (Fsp3) is 0.286. The van der Waals surface area contributed by atoms with E-state index in [0.717, 1.165) is 5.56 Å². The highest BCUT2D eigenvalue weighted by Gasteiger charge is 2.21. The number of carbonyl (C=O) groups excluding carboxylic acids is 2. The predicted octanol–water partition coefficient (Wildman–Crippen LogP) is 3.30. The SMILES string of the molecule is CCOc1ccccc1C(CC(=O)Nc1cc(C(=O)O)ccc1C)NC(C)=O. The van der Waals surface area contributed by atoms with Crippen molar-refractivity contribution >= 4 is 23.5 Å². The number of anilines is 1. The van der Waals surface area contributed by atoms with Crippen LogP contribution in [0.25, 0.3) is 0 Å². The van der Waals surface area contributed by atoms with Crippen molar-refractivity contribution in [3.05, 3.63) is 59.2 Å². The van der Waals surface area contributed by atoms with E-state index in [-0.39, 0.29) is 23.8 Å². The van der Waals surface area contributed by atoms with Crippen LogP contribution in [0.5, 0.6) is 5.75 Å². The molecule has 0 fully saturated rings. The van der Waals surface area contributed by atoms with E-state index < -0.39 is 12.0 Å². The molecule has 0 aliphatic carbocycles. The summed E-state index contributed by atoms with van der Waals surface area (Å²) < 4.78 is 5.61. The molecule has 0 spiro atoms. The van der Waals surface area contributed by atoms with Crippen molar-refractivity contribution in [2.45, 2.75) is 33.2 Å². The zero-order valence-electron chi connectivity index (χ0n) is 16.1. The summed E-state index contributed by atoms with van der Waals surface area (Å²) in [5.41, 5.74) is 1.94. The Morgan fingerprint density at radius 3 is 2.50 bits per heavy atom. The largest absolute Gasteiger partial charge is 0.494 e. The maximum absolute atomic E-state index is 12.6. The zero-order valence-corrected chi connectivity index (χ0v) is 16.1. The molecular formula is C21H24N2O5. The molecule has 28 heavy (non-hydrogen) atoms. The number of hydrogen-bond acceptors (Lipinski definition) is 4. The standard InChI is InChI=1S/C21H24N2O5/c1-4-28-19-8-6-5-7-16(19)18(22-14(3)24)12-20(25)23-17-11-15(21(26)27)10-9-13(17)2/h5-11,18H,4,12H2,1-3H3,(H,22,24)(H,23,25)(H,26,27). The second kappa shape index (κ2) is 9.55. The lowest BCUT2D eigenvalue weighted by molar-refractivity contribution is -0.120. The molecule has 7 nitrogen and oxygen atoms in total. The minimum atomic E-state index is -1.07. The summed E-state index contributed by atoms with van der Waals surface area (Å²) in [6.45, 7) is 5.47. The number of ether oxygens (including phenoxy) is 1. The van der Waals surface area contributed by atoms with E-state index in [1.807, 2.05) is 19.1 Å². The van der Waals surface area contributed by atoms with Crippen molar-refractivity contribution in [3.63, 3.8) is 0 Å². The maximum atomic E-state index is 12.6. The molecule has 1 atom stereocenters. The molecule has 0 saturated heterocycles. The molecule has 7 heteroatoms. The number of para-hydroxylation sites is 1. The van der Waals surface area contributed by atoms with E-state index in [4.69, 9.17) is 9.84 Å². The monoisotopic (exact) mass is 384 g/mol. The van der Waals surface area contributed by atoms with Crippen LogP contribution in [0.15, 0.2) is 42.5 Å². The third kappa shape index (κ3) is 5.57. The molecule has 2 aromatic carbocycles. The lowest BCUT2D eigenvalue weighted by Gasteiger charge is -2.21. The average Bonchev–Trinajstić information content (AvgIpc) is 2.63. The number of aryl methyl sites for hydroxylation is 1. The molecule has 2 amide bonds. The molecule has 0 saturated carbocycles. The number of amides is 2. The third-order valence-corrected chi connectivity index (χ3v) is 4.12. The van der Waals surface area contributed by atoms with E-state index in [1.165, 1.54) is 19.1 Å². The second-order valence-corrected chi connectivity index (χ2v) is 6.31. The Morgan fingerprint density at radius 1 is 1.14 bits per heavy atom. The first-order valence-corrected chi connectivity index (χ1v) is 8.94. The Morgan fingerprint density at radius 2 is 1.86 bits per heavy atom. The summed E-state index contributed by atoms with van der Waals surface area (Å²) in [6, 6.07) is 11.2. The summed E-state index contributed by atoms with van der Waals surface area (Å²) >= 11 is 0. The van der Waals surface area contributed by atoms with Crippen LogP contribution in [0.1, 0.15) is 47.8 Å². The molecular weight excluding hydrogens is 360 g/mol. The third-order valence-electron chi connectivity index (χ3n) is 4.12. The van der Waals surface area contributed by atoms with Gasteiger partial charge in [0.05, 0.1) is 24.6 Å². The number of carboxylic acids is 1. The van der Waals surface area contributed by atoms with Crippen LogP contribution in [-0.4, -0.2) is 29.5 Å². The Balaban J connectivity index is 2.24. The lowest BCUT2D eigenvalue weighted by atomic mass is 10.0. The highest BCUT2D eigenvalue weighted by atomic mass is 16.5. The summed E-state index contributed by atoms with van der Waals surface area (Å²) in [4.78, 5) is 35.5. The van der Waals surface area contributed by atoms with Crippen molar-refractivity contribution in [1.82, 2.24) is 5.32 Å². The van der Waals surface area contributed by atoms with Gasteiger partial charge in [-0.3, -0.25) is 9.59 Å². The van der Waals surface area contributed by atoms with Gasteiger partial charge in [0.2, 0.25) is 11.8 Å². The molecule has 2 aromatic rings. The first-order valence-electron chi connectivity index (χ1n) is 8.94. The van der Waals surface area contributed by atoms with Gasteiger partial charge in [-0.2, -0.15) is 0 Å². The Labute approximate surface area is 163 Å². The number of benzene rings is 2. The normalized spacial score (nSPS) is 11.4. The molecule has 0 aliphatic heterocycles. The fourth-order valence-electron chi connectivity index (χ4n) is 2.82. The van der Waals surface area contributed by atoms with E-state index >= 15 is 0 Å². The number of rotatable bonds is 8. The lowest BCUT2D eigenvalue weighted by Crippen LogP contribution is -2.30. The van der Waals surface area contributed by atoms with Gasteiger partial charge in [0, 0.05) is 18.2 Å². The molecule has 3 N–H and O–H groups in total. The molecule has 0 bridgehead atoms. The zero-order chi connectivity index (χ0) is 20.7. The van der Waals surface area contributed by atoms with Gasteiger partial charge < -0.3 is 20.5 Å². The van der Waals surface area contributed by atoms with Crippen LogP contribution in [0, 0.1) is 6.92 Å². The van der Waals surface area contributed by atoms with Gasteiger partial charge in [-0.05, 0) is 37.6 Å². The first kappa shape index (κ1) is 21.0. The van der Waals surface area contributed by atoms with Crippen LogP contribution in [0.3, 0.4) is 0 Å². The van der Waals surface area contributed by atoms with Crippen LogP contribution < -0.4 is 15.4 Å². The topological polar surface area (TPSA) is 105 Å². The minimum Gasteiger partial charge on any atom is -0.494 e. The summed E-state index contributed by atoms with van der Waals surface area (Å²) in [5, 5.41) is 14.7. The number of carbonyl (C=O) groups is 3. The Hall–Kier alpha value is -3.35. The van der Waals surface area contributed by atoms with Gasteiger partial charge in [0.1, 0.15) is 5.75 Å². The van der Waals surface area contributed by atoms with Crippen LogP contribution in [0.4, 0.5) is 5.69 Å². The quantitative estimate of drug-likeness (QED) is 0.648. The van der Waals surface area contributed by atoms with Gasteiger partial charge >= 0.3 is 5.97 Å². The Kier molecular flexibility index (Phi) is 7.14. The van der Waals surface area contributed by atoms with Gasteiger partial charge in [-0.1, -0.05) is 24.3 Å². The van der Waals surface area contributed by atoms with Crippen molar-refractivity contribution in [1.29, 1.82) is 0 Å². The summed E-state index contributed by atoms with van der Waals surface area (Å²) in [7, 11) is 0. The molecule has 0 aliphatic rings. The van der Waals surface area contributed by atoms with Crippen molar-refractivity contribution in [2.75, 3.05) is 11.9 Å². The van der Waals surface area contributed by atoms with E-state index in [2.05, 4.69) is 10.6 Å². The van der Waals surface area contributed by atoms with Gasteiger partial charge in [-0.15, -0.1) is 0 Å². The van der Waals surface area contributed by atoms with Gasteiger partial charge in [0.15, 0.2) is 0 Å². The van der Waals surface area contributed by atoms with Crippen LogP contribution >= 0.6 is 0 Å². The molecule has 148 valence electrons. The van der Waals surface area contributed by atoms with Gasteiger partial charge in [-0.25, -0.2) is 4.79 Å². The molecule has 0 aromatic heterocycles. The second-order valence-electron chi connectivity index (χ2n) is 6.31. The summed E-state index contributed by atoms with van der Waals surface area (Å²) in [5.74, 6) is -1.10. The molecule has 0 radical (unpaired) electrons. The van der Waals surface area contributed by atoms with Crippen molar-refractivity contribution in [3.8, 4) is 5.75 Å². The van der Waals surface area contributed by atoms with Crippen molar-refractivity contribution in [2.24, 2.45) is 0 Å². The average molecular weight is 384 g/mol. The Bertz CT molecular complexity index is 879. The van der Waals surface area contributed by atoms with E-state index in [9.17, 15) is 14.4 Å². The van der Waals surface area contributed by atoms with E-state index in [1.54, 1.807) is 25.1 Å². The number of hydrogen-bond donors (Lipinski definition) is 3. The van der Waals surface area contributed by atoms with E-state index in [0.29, 0.717) is 23.6 Å². The van der Waals surface area contributed by atoms with Crippen LogP contribution in [-0.2, 0) is 9.59 Å².